The monoisotopic (exact) mass is 247 g/mol. The third-order valence-electron chi connectivity index (χ3n) is 2.47. The summed E-state index contributed by atoms with van der Waals surface area (Å²) in [6, 6.07) is 6.69. The number of esters is 1. The Morgan fingerprint density at radius 1 is 1.28 bits per heavy atom. The van der Waals surface area contributed by atoms with Gasteiger partial charge in [0.15, 0.2) is 0 Å². The maximum atomic E-state index is 11.8. The van der Waals surface area contributed by atoms with E-state index in [4.69, 9.17) is 15.2 Å². The van der Waals surface area contributed by atoms with E-state index in [9.17, 15) is 4.79 Å². The third-order valence-corrected chi connectivity index (χ3v) is 2.47. The molecule has 1 aromatic carbocycles. The highest BCUT2D eigenvalue weighted by atomic mass is 16.5. The fourth-order valence-electron chi connectivity index (χ4n) is 1.41. The molecule has 0 aliphatic heterocycles. The quantitative estimate of drug-likeness (QED) is 0.651. The molecule has 94 valence electrons. The first-order chi connectivity index (χ1) is 8.61. The number of hydrogen-bond donors (Lipinski definition) is 1. The summed E-state index contributed by atoms with van der Waals surface area (Å²) in [5.74, 6) is 0.846. The van der Waals surface area contributed by atoms with Gasteiger partial charge in [0.2, 0.25) is 0 Å². The van der Waals surface area contributed by atoms with Gasteiger partial charge in [-0.15, -0.1) is 0 Å². The molecule has 0 amide bonds. The number of nitrogen functional groups attached to an aromatic ring is 1. The molecule has 2 N–H and O–H groups in total. The van der Waals surface area contributed by atoms with Gasteiger partial charge in [-0.2, -0.15) is 5.10 Å². The van der Waals surface area contributed by atoms with E-state index in [0.29, 0.717) is 11.5 Å². The Kier molecular flexibility index (Phi) is 3.18. The van der Waals surface area contributed by atoms with Crippen molar-refractivity contribution in [3.8, 4) is 11.5 Å². The molecule has 0 bridgehead atoms. The van der Waals surface area contributed by atoms with E-state index in [0.717, 1.165) is 0 Å². The van der Waals surface area contributed by atoms with Crippen LogP contribution in [0.5, 0.6) is 11.5 Å². The number of anilines is 1. The summed E-state index contributed by atoms with van der Waals surface area (Å²) in [6.45, 7) is 0. The molecule has 0 saturated carbocycles. The summed E-state index contributed by atoms with van der Waals surface area (Å²) in [5, 5.41) is 3.88. The van der Waals surface area contributed by atoms with Crippen LogP contribution < -0.4 is 15.2 Å². The van der Waals surface area contributed by atoms with Crippen LogP contribution in [-0.4, -0.2) is 22.9 Å². The number of aryl methyl sites for hydroxylation is 1. The molecule has 1 heterocycles. The summed E-state index contributed by atoms with van der Waals surface area (Å²) < 4.78 is 11.6. The standard InChI is InChI=1S/C12H13N3O3/c1-15-11(13)10(7-14-15)12(16)18-9-5-3-8(17-2)4-6-9/h3-7H,13H2,1-2H3. The average molecular weight is 247 g/mol. The van der Waals surface area contributed by atoms with Gasteiger partial charge in [-0.1, -0.05) is 0 Å². The molecule has 0 aliphatic carbocycles. The number of carbonyl (C=O) groups is 1. The van der Waals surface area contributed by atoms with Crippen LogP contribution in [0.1, 0.15) is 10.4 Å². The minimum absolute atomic E-state index is 0.244. The molecule has 0 fully saturated rings. The lowest BCUT2D eigenvalue weighted by molar-refractivity contribution is 0.0735. The molecule has 2 rings (SSSR count). The van der Waals surface area contributed by atoms with E-state index in [1.54, 1.807) is 38.4 Å². The van der Waals surface area contributed by atoms with Crippen molar-refractivity contribution in [3.05, 3.63) is 36.0 Å². The molecule has 0 saturated heterocycles. The number of rotatable bonds is 3. The molecule has 2 aromatic rings. The van der Waals surface area contributed by atoms with Crippen LogP contribution in [0.25, 0.3) is 0 Å². The van der Waals surface area contributed by atoms with Crippen LogP contribution in [0.4, 0.5) is 5.82 Å². The molecule has 6 heteroatoms. The first-order valence-corrected chi connectivity index (χ1v) is 5.25. The van der Waals surface area contributed by atoms with Gasteiger partial charge in [0.25, 0.3) is 0 Å². The second-order valence-corrected chi connectivity index (χ2v) is 3.63. The molecule has 0 aliphatic rings. The lowest BCUT2D eigenvalue weighted by Gasteiger charge is -2.04. The number of ether oxygens (including phenoxy) is 2. The number of benzene rings is 1. The van der Waals surface area contributed by atoms with Crippen molar-refractivity contribution >= 4 is 11.8 Å². The largest absolute Gasteiger partial charge is 0.497 e. The van der Waals surface area contributed by atoms with Gasteiger partial charge in [-0.3, -0.25) is 4.68 Å². The first kappa shape index (κ1) is 12.0. The minimum Gasteiger partial charge on any atom is -0.497 e. The van der Waals surface area contributed by atoms with Gasteiger partial charge in [0.1, 0.15) is 22.9 Å². The second-order valence-electron chi connectivity index (χ2n) is 3.63. The van der Waals surface area contributed by atoms with Crippen LogP contribution in [0.2, 0.25) is 0 Å². The molecule has 6 nitrogen and oxygen atoms in total. The Morgan fingerprint density at radius 3 is 2.39 bits per heavy atom. The highest BCUT2D eigenvalue weighted by Gasteiger charge is 2.15. The third kappa shape index (κ3) is 2.27. The summed E-state index contributed by atoms with van der Waals surface area (Å²) in [7, 11) is 3.22. The fraction of sp³-hybridized carbons (Fsp3) is 0.167. The predicted molar refractivity (Wildman–Crippen MR) is 65.6 cm³/mol. The Hall–Kier alpha value is -2.50. The zero-order chi connectivity index (χ0) is 13.1. The first-order valence-electron chi connectivity index (χ1n) is 5.25. The van der Waals surface area contributed by atoms with E-state index >= 15 is 0 Å². The Bertz CT molecular complexity index is 560. The summed E-state index contributed by atoms with van der Waals surface area (Å²) in [6.07, 6.45) is 1.38. The topological polar surface area (TPSA) is 79.4 Å². The van der Waals surface area contributed by atoms with Crippen LogP contribution in [0.3, 0.4) is 0 Å². The van der Waals surface area contributed by atoms with Crippen molar-refractivity contribution in [1.29, 1.82) is 0 Å². The van der Waals surface area contributed by atoms with E-state index in [1.165, 1.54) is 10.9 Å². The second kappa shape index (κ2) is 4.79. The maximum Gasteiger partial charge on any atom is 0.348 e. The summed E-state index contributed by atoms with van der Waals surface area (Å²) >= 11 is 0. The molecule has 18 heavy (non-hydrogen) atoms. The average Bonchev–Trinajstić information content (AvgIpc) is 2.71. The van der Waals surface area contributed by atoms with Gasteiger partial charge >= 0.3 is 5.97 Å². The van der Waals surface area contributed by atoms with E-state index in [-0.39, 0.29) is 11.4 Å². The van der Waals surface area contributed by atoms with Gasteiger partial charge in [0, 0.05) is 7.05 Å². The van der Waals surface area contributed by atoms with Gasteiger partial charge in [0.05, 0.1) is 13.3 Å². The van der Waals surface area contributed by atoms with Crippen LogP contribution in [0.15, 0.2) is 30.5 Å². The molecule has 1 aromatic heterocycles. The predicted octanol–water partition coefficient (Wildman–Crippen LogP) is 1.23. The van der Waals surface area contributed by atoms with E-state index < -0.39 is 5.97 Å². The zero-order valence-electron chi connectivity index (χ0n) is 10.1. The molecular formula is C12H13N3O3. The SMILES string of the molecule is COc1ccc(OC(=O)c2cnn(C)c2N)cc1. The van der Waals surface area contributed by atoms with Crippen LogP contribution in [-0.2, 0) is 7.05 Å². The maximum absolute atomic E-state index is 11.8. The zero-order valence-corrected chi connectivity index (χ0v) is 10.1. The molecular weight excluding hydrogens is 234 g/mol. The van der Waals surface area contributed by atoms with Crippen molar-refractivity contribution in [2.75, 3.05) is 12.8 Å². The number of nitrogens with two attached hydrogens (primary N) is 1. The Labute approximate surface area is 104 Å². The normalized spacial score (nSPS) is 10.1. The van der Waals surface area contributed by atoms with Crippen molar-refractivity contribution in [2.45, 2.75) is 0 Å². The Morgan fingerprint density at radius 2 is 1.89 bits per heavy atom. The van der Waals surface area contributed by atoms with E-state index in [1.807, 2.05) is 0 Å². The molecule has 0 atom stereocenters. The van der Waals surface area contributed by atoms with Crippen LogP contribution in [0, 0.1) is 0 Å². The number of aromatic nitrogens is 2. The van der Waals surface area contributed by atoms with Crippen LogP contribution >= 0.6 is 0 Å². The molecule has 0 radical (unpaired) electrons. The van der Waals surface area contributed by atoms with Gasteiger partial charge in [-0.25, -0.2) is 4.79 Å². The molecule has 0 unspecified atom stereocenters. The number of methoxy groups -OCH3 is 1. The fourth-order valence-corrected chi connectivity index (χ4v) is 1.41. The number of hydrogen-bond acceptors (Lipinski definition) is 5. The van der Waals surface area contributed by atoms with Crippen molar-refractivity contribution in [2.24, 2.45) is 7.05 Å². The number of nitrogens with zero attached hydrogens (tertiary/aromatic N) is 2. The van der Waals surface area contributed by atoms with Gasteiger partial charge < -0.3 is 15.2 Å². The highest BCUT2D eigenvalue weighted by Crippen LogP contribution is 2.19. The van der Waals surface area contributed by atoms with E-state index in [2.05, 4.69) is 5.10 Å². The summed E-state index contributed by atoms with van der Waals surface area (Å²) in [5.41, 5.74) is 5.93. The lowest BCUT2D eigenvalue weighted by atomic mass is 10.3. The number of carbonyl (C=O) groups excluding carboxylic acids is 1. The minimum atomic E-state index is -0.536. The van der Waals surface area contributed by atoms with Crippen molar-refractivity contribution in [3.63, 3.8) is 0 Å². The summed E-state index contributed by atoms with van der Waals surface area (Å²) in [4.78, 5) is 11.8. The Balaban J connectivity index is 2.13. The molecule has 0 spiro atoms. The lowest BCUT2D eigenvalue weighted by Crippen LogP contribution is -2.11. The van der Waals surface area contributed by atoms with Crippen molar-refractivity contribution in [1.82, 2.24) is 9.78 Å². The van der Waals surface area contributed by atoms with Gasteiger partial charge in [-0.05, 0) is 24.3 Å². The van der Waals surface area contributed by atoms with Crippen molar-refractivity contribution < 1.29 is 14.3 Å². The highest BCUT2D eigenvalue weighted by molar-refractivity contribution is 5.95. The smallest absolute Gasteiger partial charge is 0.348 e.